The van der Waals surface area contributed by atoms with E-state index in [9.17, 15) is 9.59 Å². The zero-order valence-corrected chi connectivity index (χ0v) is 14.0. The number of nitrogens with zero attached hydrogens (tertiary/aromatic N) is 4. The molecule has 0 aromatic carbocycles. The molecule has 4 heterocycles. The van der Waals surface area contributed by atoms with Gasteiger partial charge in [0.15, 0.2) is 0 Å². The summed E-state index contributed by atoms with van der Waals surface area (Å²) in [6.45, 7) is 1.12. The van der Waals surface area contributed by atoms with E-state index in [2.05, 4.69) is 19.9 Å². The van der Waals surface area contributed by atoms with Crippen LogP contribution in [0.5, 0.6) is 0 Å². The van der Waals surface area contributed by atoms with Crippen molar-refractivity contribution in [3.63, 3.8) is 0 Å². The third kappa shape index (κ3) is 3.23. The molecule has 1 aliphatic rings. The molecule has 3 aromatic heterocycles. The van der Waals surface area contributed by atoms with Crippen molar-refractivity contribution in [1.29, 1.82) is 0 Å². The number of likely N-dealkylation sites (tertiary alicyclic amines) is 1. The fourth-order valence-corrected chi connectivity index (χ4v) is 3.15. The lowest BCUT2D eigenvalue weighted by molar-refractivity contribution is 0.0784. The maximum atomic E-state index is 12.5. The summed E-state index contributed by atoms with van der Waals surface area (Å²) in [5.41, 5.74) is 1.60. The highest BCUT2D eigenvalue weighted by molar-refractivity contribution is 5.92. The predicted molar refractivity (Wildman–Crippen MR) is 95.6 cm³/mol. The third-order valence-corrected chi connectivity index (χ3v) is 4.46. The van der Waals surface area contributed by atoms with Gasteiger partial charge in [-0.05, 0) is 30.7 Å². The van der Waals surface area contributed by atoms with Gasteiger partial charge in [0.1, 0.15) is 11.5 Å². The SMILES string of the molecule is O=C(c1ccccn1)N1CC[C@H](c2nc(-c3cccnc3)cc(=O)[nH]2)C1. The van der Waals surface area contributed by atoms with E-state index in [-0.39, 0.29) is 17.4 Å². The molecule has 4 rings (SSSR count). The highest BCUT2D eigenvalue weighted by Gasteiger charge is 2.30. The molecule has 1 aliphatic heterocycles. The molecular formula is C19H17N5O2. The topological polar surface area (TPSA) is 91.8 Å². The Bertz CT molecular complexity index is 972. The molecule has 0 saturated carbocycles. The molecule has 130 valence electrons. The van der Waals surface area contributed by atoms with Crippen LogP contribution in [-0.4, -0.2) is 43.8 Å². The second-order valence-electron chi connectivity index (χ2n) is 6.21. The number of aromatic nitrogens is 4. The molecular weight excluding hydrogens is 330 g/mol. The van der Waals surface area contributed by atoms with Crippen LogP contribution >= 0.6 is 0 Å². The molecule has 7 nitrogen and oxygen atoms in total. The largest absolute Gasteiger partial charge is 0.337 e. The zero-order chi connectivity index (χ0) is 17.9. The molecule has 3 aromatic rings. The van der Waals surface area contributed by atoms with Gasteiger partial charge >= 0.3 is 0 Å². The first-order chi connectivity index (χ1) is 12.7. The fourth-order valence-electron chi connectivity index (χ4n) is 3.15. The average molecular weight is 347 g/mol. The van der Waals surface area contributed by atoms with E-state index in [1.54, 1.807) is 47.8 Å². The predicted octanol–water partition coefficient (Wildman–Crippen LogP) is 1.86. The summed E-state index contributed by atoms with van der Waals surface area (Å²) in [6, 6.07) is 10.4. The molecule has 0 spiro atoms. The van der Waals surface area contributed by atoms with Gasteiger partial charge in [-0.25, -0.2) is 4.98 Å². The summed E-state index contributed by atoms with van der Waals surface area (Å²) in [5.74, 6) is 0.499. The summed E-state index contributed by atoms with van der Waals surface area (Å²) in [7, 11) is 0. The Labute approximate surface area is 149 Å². The van der Waals surface area contributed by atoms with E-state index in [1.807, 2.05) is 6.07 Å². The maximum Gasteiger partial charge on any atom is 0.272 e. The van der Waals surface area contributed by atoms with Gasteiger partial charge in [-0.3, -0.25) is 19.6 Å². The van der Waals surface area contributed by atoms with Gasteiger partial charge < -0.3 is 9.88 Å². The Kier molecular flexibility index (Phi) is 4.27. The Hall–Kier alpha value is -3.35. The van der Waals surface area contributed by atoms with E-state index in [4.69, 9.17) is 0 Å². The number of hydrogen-bond acceptors (Lipinski definition) is 5. The van der Waals surface area contributed by atoms with Crippen molar-refractivity contribution in [2.24, 2.45) is 0 Å². The summed E-state index contributed by atoms with van der Waals surface area (Å²) in [4.78, 5) is 42.0. The maximum absolute atomic E-state index is 12.5. The van der Waals surface area contributed by atoms with Crippen molar-refractivity contribution in [3.8, 4) is 11.3 Å². The van der Waals surface area contributed by atoms with Crippen LogP contribution in [0, 0.1) is 0 Å². The molecule has 7 heteroatoms. The first-order valence-electron chi connectivity index (χ1n) is 8.42. The second-order valence-corrected chi connectivity index (χ2v) is 6.21. The van der Waals surface area contributed by atoms with Crippen molar-refractivity contribution < 1.29 is 4.79 Å². The van der Waals surface area contributed by atoms with Crippen LogP contribution < -0.4 is 5.56 Å². The van der Waals surface area contributed by atoms with E-state index in [1.165, 1.54) is 6.07 Å². The number of nitrogens with one attached hydrogen (secondary N) is 1. The first-order valence-corrected chi connectivity index (χ1v) is 8.42. The van der Waals surface area contributed by atoms with E-state index >= 15 is 0 Å². The van der Waals surface area contributed by atoms with Gasteiger partial charge in [0.2, 0.25) is 0 Å². The summed E-state index contributed by atoms with van der Waals surface area (Å²) in [6.07, 6.45) is 5.71. The van der Waals surface area contributed by atoms with Crippen molar-refractivity contribution >= 4 is 5.91 Å². The van der Waals surface area contributed by atoms with E-state index in [0.717, 1.165) is 12.0 Å². The van der Waals surface area contributed by atoms with Crippen LogP contribution in [0.4, 0.5) is 0 Å². The smallest absolute Gasteiger partial charge is 0.272 e. The van der Waals surface area contributed by atoms with E-state index in [0.29, 0.717) is 30.3 Å². The molecule has 1 saturated heterocycles. The zero-order valence-electron chi connectivity index (χ0n) is 14.0. The first kappa shape index (κ1) is 16.1. The van der Waals surface area contributed by atoms with Gasteiger partial charge in [-0.1, -0.05) is 6.07 Å². The lowest BCUT2D eigenvalue weighted by atomic mass is 10.1. The minimum absolute atomic E-state index is 0.00742. The highest BCUT2D eigenvalue weighted by atomic mass is 16.2. The monoisotopic (exact) mass is 347 g/mol. The molecule has 1 atom stereocenters. The highest BCUT2D eigenvalue weighted by Crippen LogP contribution is 2.26. The van der Waals surface area contributed by atoms with Gasteiger partial charge in [0, 0.05) is 49.2 Å². The molecule has 26 heavy (non-hydrogen) atoms. The molecule has 1 fully saturated rings. The number of carbonyl (C=O) groups excluding carboxylic acids is 1. The molecule has 1 N–H and O–H groups in total. The van der Waals surface area contributed by atoms with Gasteiger partial charge in [-0.2, -0.15) is 0 Å². The third-order valence-electron chi connectivity index (χ3n) is 4.46. The molecule has 1 amide bonds. The minimum atomic E-state index is -0.205. The number of H-pyrrole nitrogens is 1. The number of carbonyl (C=O) groups is 1. The molecule has 0 unspecified atom stereocenters. The van der Waals surface area contributed by atoms with Gasteiger partial charge in [-0.15, -0.1) is 0 Å². The number of aromatic amines is 1. The number of hydrogen-bond donors (Lipinski definition) is 1. The number of pyridine rings is 2. The number of rotatable bonds is 3. The summed E-state index contributed by atoms with van der Waals surface area (Å²) in [5, 5.41) is 0. The van der Waals surface area contributed by atoms with Crippen molar-refractivity contribution in [2.45, 2.75) is 12.3 Å². The van der Waals surface area contributed by atoms with Crippen molar-refractivity contribution in [3.05, 3.63) is 76.9 Å². The quantitative estimate of drug-likeness (QED) is 0.781. The second kappa shape index (κ2) is 6.87. The Balaban J connectivity index is 1.57. The van der Waals surface area contributed by atoms with Crippen LogP contribution in [0.1, 0.15) is 28.7 Å². The molecule has 0 bridgehead atoms. The van der Waals surface area contributed by atoms with Crippen LogP contribution in [0.25, 0.3) is 11.3 Å². The Morgan fingerprint density at radius 1 is 1.19 bits per heavy atom. The van der Waals surface area contributed by atoms with Gasteiger partial charge in [0.25, 0.3) is 11.5 Å². The molecule has 0 radical (unpaired) electrons. The average Bonchev–Trinajstić information content (AvgIpc) is 3.18. The standard InChI is InChI=1S/C19H17N5O2/c25-17-10-16(13-4-3-7-20-11-13)22-18(23-17)14-6-9-24(12-14)19(26)15-5-1-2-8-21-15/h1-5,7-8,10-11,14H,6,9,12H2,(H,22,23,25)/t14-/m0/s1. The van der Waals surface area contributed by atoms with Crippen LogP contribution in [0.15, 0.2) is 59.8 Å². The fraction of sp³-hybridized carbons (Fsp3) is 0.211. The van der Waals surface area contributed by atoms with Crippen molar-refractivity contribution in [2.75, 3.05) is 13.1 Å². The Morgan fingerprint density at radius 3 is 2.88 bits per heavy atom. The molecule has 0 aliphatic carbocycles. The van der Waals surface area contributed by atoms with Gasteiger partial charge in [0.05, 0.1) is 5.69 Å². The normalized spacial score (nSPS) is 16.6. The van der Waals surface area contributed by atoms with Crippen LogP contribution in [0.3, 0.4) is 0 Å². The van der Waals surface area contributed by atoms with Crippen LogP contribution in [-0.2, 0) is 0 Å². The lowest BCUT2D eigenvalue weighted by Crippen LogP contribution is -2.29. The van der Waals surface area contributed by atoms with Crippen LogP contribution in [0.2, 0.25) is 0 Å². The van der Waals surface area contributed by atoms with E-state index < -0.39 is 0 Å². The van der Waals surface area contributed by atoms with Crippen molar-refractivity contribution in [1.82, 2.24) is 24.8 Å². The summed E-state index contributed by atoms with van der Waals surface area (Å²) >= 11 is 0. The lowest BCUT2D eigenvalue weighted by Gasteiger charge is -2.16. The Morgan fingerprint density at radius 2 is 2.12 bits per heavy atom. The minimum Gasteiger partial charge on any atom is -0.337 e. The number of amides is 1. The summed E-state index contributed by atoms with van der Waals surface area (Å²) < 4.78 is 0.